The van der Waals surface area contributed by atoms with Crippen LogP contribution in [0.1, 0.15) is 19.8 Å². The fourth-order valence-electron chi connectivity index (χ4n) is 1.70. The van der Waals surface area contributed by atoms with Crippen LogP contribution in [0.2, 0.25) is 5.02 Å². The molecule has 2 aromatic heterocycles. The summed E-state index contributed by atoms with van der Waals surface area (Å²) < 4.78 is 1.66. The van der Waals surface area contributed by atoms with Crippen LogP contribution in [0.5, 0.6) is 0 Å². The van der Waals surface area contributed by atoms with Gasteiger partial charge in [-0.2, -0.15) is 4.98 Å². The smallest absolute Gasteiger partial charge is 0.243 e. The first kappa shape index (κ1) is 12.1. The van der Waals surface area contributed by atoms with Crippen molar-refractivity contribution >= 4 is 23.2 Å². The van der Waals surface area contributed by atoms with Crippen molar-refractivity contribution < 1.29 is 0 Å². The highest BCUT2D eigenvalue weighted by atomic mass is 35.5. The third-order valence-electron chi connectivity index (χ3n) is 2.55. The van der Waals surface area contributed by atoms with Gasteiger partial charge in [0.2, 0.25) is 5.95 Å². The van der Waals surface area contributed by atoms with Gasteiger partial charge in [0.25, 0.3) is 0 Å². The molecule has 2 rings (SSSR count). The zero-order valence-corrected chi connectivity index (χ0v) is 10.5. The predicted octanol–water partition coefficient (Wildman–Crippen LogP) is 1.92. The van der Waals surface area contributed by atoms with E-state index in [1.165, 1.54) is 0 Å². The molecule has 1 unspecified atom stereocenters. The summed E-state index contributed by atoms with van der Waals surface area (Å²) in [5.74, 6) is 0.594. The summed E-state index contributed by atoms with van der Waals surface area (Å²) in [6.07, 6.45) is 3.81. The van der Waals surface area contributed by atoms with E-state index in [1.54, 1.807) is 16.8 Å². The molecule has 0 aliphatic rings. The molecule has 0 radical (unpaired) electrons. The van der Waals surface area contributed by atoms with Gasteiger partial charge in [0.15, 0.2) is 5.65 Å². The maximum atomic E-state index is 5.88. The second-order valence-electron chi connectivity index (χ2n) is 3.95. The summed E-state index contributed by atoms with van der Waals surface area (Å²) in [6.45, 7) is 2.70. The molecule has 0 saturated carbocycles. The lowest BCUT2D eigenvalue weighted by Gasteiger charge is -2.13. The number of nitrogens with zero attached hydrogens (tertiary/aromatic N) is 3. The van der Waals surface area contributed by atoms with Gasteiger partial charge in [0, 0.05) is 18.8 Å². The Morgan fingerprint density at radius 2 is 2.35 bits per heavy atom. The molecule has 0 aliphatic heterocycles. The zero-order valence-electron chi connectivity index (χ0n) is 9.73. The molecule has 17 heavy (non-hydrogen) atoms. The molecule has 92 valence electrons. The molecule has 1 atom stereocenters. The number of nitrogens with two attached hydrogens (primary N) is 1. The molecule has 0 bridgehead atoms. The van der Waals surface area contributed by atoms with E-state index in [2.05, 4.69) is 22.3 Å². The van der Waals surface area contributed by atoms with E-state index in [9.17, 15) is 0 Å². The Balaban J connectivity index is 2.18. The highest BCUT2D eigenvalue weighted by Gasteiger charge is 2.09. The van der Waals surface area contributed by atoms with E-state index < -0.39 is 0 Å². The maximum absolute atomic E-state index is 5.88. The van der Waals surface area contributed by atoms with E-state index in [0.29, 0.717) is 17.5 Å². The quantitative estimate of drug-likeness (QED) is 0.854. The average molecular weight is 254 g/mol. The van der Waals surface area contributed by atoms with Crippen LogP contribution in [-0.4, -0.2) is 27.2 Å². The Kier molecular flexibility index (Phi) is 3.81. The van der Waals surface area contributed by atoms with E-state index in [1.807, 2.05) is 6.07 Å². The van der Waals surface area contributed by atoms with Crippen LogP contribution in [0.4, 0.5) is 5.95 Å². The average Bonchev–Trinajstić information content (AvgIpc) is 2.69. The highest BCUT2D eigenvalue weighted by molar-refractivity contribution is 6.30. The SMILES string of the molecule is CCCC(CN)Nc1nc2ccc(Cl)cn2n1. The van der Waals surface area contributed by atoms with Crippen molar-refractivity contribution in [2.75, 3.05) is 11.9 Å². The van der Waals surface area contributed by atoms with Crippen LogP contribution in [-0.2, 0) is 0 Å². The number of hydrogen-bond donors (Lipinski definition) is 2. The van der Waals surface area contributed by atoms with Crippen LogP contribution in [0.15, 0.2) is 18.3 Å². The number of pyridine rings is 1. The molecule has 0 saturated heterocycles. The molecule has 2 heterocycles. The predicted molar refractivity (Wildman–Crippen MR) is 69.4 cm³/mol. The molecular weight excluding hydrogens is 238 g/mol. The molecule has 3 N–H and O–H groups in total. The number of fused-ring (bicyclic) bond motifs is 1. The van der Waals surface area contributed by atoms with Crippen LogP contribution in [0.3, 0.4) is 0 Å². The van der Waals surface area contributed by atoms with Crippen molar-refractivity contribution in [3.05, 3.63) is 23.4 Å². The van der Waals surface area contributed by atoms with E-state index in [4.69, 9.17) is 17.3 Å². The maximum Gasteiger partial charge on any atom is 0.243 e. The summed E-state index contributed by atoms with van der Waals surface area (Å²) in [5, 5.41) is 8.16. The molecule has 0 fully saturated rings. The van der Waals surface area contributed by atoms with Crippen molar-refractivity contribution in [3.63, 3.8) is 0 Å². The summed E-state index contributed by atoms with van der Waals surface area (Å²) in [6, 6.07) is 3.84. The van der Waals surface area contributed by atoms with E-state index >= 15 is 0 Å². The molecule has 0 spiro atoms. The third kappa shape index (κ3) is 2.87. The number of halogens is 1. The number of nitrogens with one attached hydrogen (secondary N) is 1. The molecule has 5 nitrogen and oxygen atoms in total. The minimum absolute atomic E-state index is 0.216. The van der Waals surface area contributed by atoms with Crippen molar-refractivity contribution in [1.29, 1.82) is 0 Å². The monoisotopic (exact) mass is 253 g/mol. The molecule has 2 aromatic rings. The first-order valence-corrected chi connectivity index (χ1v) is 6.09. The van der Waals surface area contributed by atoms with Gasteiger partial charge in [-0.3, -0.25) is 0 Å². The number of anilines is 1. The summed E-state index contributed by atoms with van der Waals surface area (Å²) >= 11 is 5.88. The van der Waals surface area contributed by atoms with E-state index in [0.717, 1.165) is 18.5 Å². The van der Waals surface area contributed by atoms with Gasteiger partial charge in [-0.15, -0.1) is 5.10 Å². The van der Waals surface area contributed by atoms with Crippen LogP contribution < -0.4 is 11.1 Å². The first-order valence-electron chi connectivity index (χ1n) is 5.71. The van der Waals surface area contributed by atoms with Gasteiger partial charge in [0.1, 0.15) is 0 Å². The van der Waals surface area contributed by atoms with Gasteiger partial charge < -0.3 is 11.1 Å². The molecule has 0 aliphatic carbocycles. The fraction of sp³-hybridized carbons (Fsp3) is 0.455. The standard InChI is InChI=1S/C11H16ClN5/c1-2-3-9(6-13)14-11-15-10-5-4-8(12)7-17(10)16-11/h4-5,7,9H,2-3,6,13H2,1H3,(H,14,16). The number of aromatic nitrogens is 3. The molecule has 0 aromatic carbocycles. The van der Waals surface area contributed by atoms with Gasteiger partial charge in [-0.1, -0.05) is 24.9 Å². The van der Waals surface area contributed by atoms with Crippen molar-refractivity contribution in [2.24, 2.45) is 5.73 Å². The highest BCUT2D eigenvalue weighted by Crippen LogP contribution is 2.12. The second-order valence-corrected chi connectivity index (χ2v) is 4.39. The van der Waals surface area contributed by atoms with Crippen LogP contribution >= 0.6 is 11.6 Å². The number of rotatable bonds is 5. The van der Waals surface area contributed by atoms with Crippen LogP contribution in [0, 0.1) is 0 Å². The lowest BCUT2D eigenvalue weighted by atomic mass is 10.2. The second kappa shape index (κ2) is 5.33. The minimum atomic E-state index is 0.216. The Morgan fingerprint density at radius 1 is 1.53 bits per heavy atom. The molecule has 6 heteroatoms. The number of hydrogen-bond acceptors (Lipinski definition) is 4. The van der Waals surface area contributed by atoms with Gasteiger partial charge >= 0.3 is 0 Å². The topological polar surface area (TPSA) is 68.2 Å². The van der Waals surface area contributed by atoms with Gasteiger partial charge in [0.05, 0.1) is 5.02 Å². The fourth-order valence-corrected chi connectivity index (χ4v) is 1.85. The Labute approximate surface area is 105 Å². The van der Waals surface area contributed by atoms with Crippen molar-refractivity contribution in [3.8, 4) is 0 Å². The van der Waals surface area contributed by atoms with Gasteiger partial charge in [-0.25, -0.2) is 4.52 Å². The molecule has 0 amide bonds. The summed E-state index contributed by atoms with van der Waals surface area (Å²) in [4.78, 5) is 4.35. The summed E-state index contributed by atoms with van der Waals surface area (Å²) in [7, 11) is 0. The van der Waals surface area contributed by atoms with Crippen molar-refractivity contribution in [1.82, 2.24) is 14.6 Å². The molecular formula is C11H16ClN5. The Morgan fingerprint density at radius 3 is 3.06 bits per heavy atom. The lowest BCUT2D eigenvalue weighted by Crippen LogP contribution is -2.29. The Bertz CT molecular complexity index is 496. The summed E-state index contributed by atoms with van der Waals surface area (Å²) in [5.41, 5.74) is 6.45. The lowest BCUT2D eigenvalue weighted by molar-refractivity contribution is 0.642. The Hall–Kier alpha value is -1.33. The van der Waals surface area contributed by atoms with E-state index in [-0.39, 0.29) is 6.04 Å². The third-order valence-corrected chi connectivity index (χ3v) is 2.77. The van der Waals surface area contributed by atoms with Gasteiger partial charge in [-0.05, 0) is 18.6 Å². The zero-order chi connectivity index (χ0) is 12.3. The van der Waals surface area contributed by atoms with Crippen LogP contribution in [0.25, 0.3) is 5.65 Å². The van der Waals surface area contributed by atoms with Crippen molar-refractivity contribution in [2.45, 2.75) is 25.8 Å². The first-order chi connectivity index (χ1) is 8.22. The largest absolute Gasteiger partial charge is 0.349 e. The minimum Gasteiger partial charge on any atom is -0.349 e. The normalized spacial score (nSPS) is 12.9.